The molecule has 2 N–H and O–H groups in total. The molecule has 0 unspecified atom stereocenters. The number of ether oxygens (including phenoxy) is 2. The Balaban J connectivity index is 1.20. The molecule has 1 aliphatic heterocycles. The van der Waals surface area contributed by atoms with Crippen LogP contribution in [0, 0.1) is 34.7 Å². The average Bonchev–Trinajstić information content (AvgIpc) is 3.50. The Labute approximate surface area is 185 Å². The molecule has 0 saturated heterocycles. The number of benzene rings is 2. The second kappa shape index (κ2) is 8.02. The van der Waals surface area contributed by atoms with Crippen LogP contribution in [0.4, 0.5) is 23.8 Å². The normalized spacial score (nSPS) is 19.9. The van der Waals surface area contributed by atoms with E-state index in [0.717, 1.165) is 18.2 Å². The van der Waals surface area contributed by atoms with Crippen molar-refractivity contribution in [3.05, 3.63) is 77.2 Å². The van der Waals surface area contributed by atoms with Gasteiger partial charge in [-0.1, -0.05) is 0 Å². The fourth-order valence-corrected chi connectivity index (χ4v) is 3.96. The lowest BCUT2D eigenvalue weighted by Crippen LogP contribution is -2.32. The second-order valence-corrected chi connectivity index (χ2v) is 7.63. The Bertz CT molecular complexity index is 1290. The van der Waals surface area contributed by atoms with Crippen LogP contribution in [0.3, 0.4) is 0 Å². The van der Waals surface area contributed by atoms with Gasteiger partial charge < -0.3 is 14.8 Å². The lowest BCUT2D eigenvalue weighted by Gasteiger charge is -2.16. The van der Waals surface area contributed by atoms with Crippen molar-refractivity contribution in [2.24, 2.45) is 5.92 Å². The number of nitrogens with zero attached hydrogens (tertiary/aromatic N) is 2. The van der Waals surface area contributed by atoms with E-state index >= 15 is 0 Å². The maximum atomic E-state index is 14.2. The van der Waals surface area contributed by atoms with Crippen molar-refractivity contribution in [1.29, 1.82) is 5.26 Å². The number of fused-ring (bicyclic) bond motifs is 3. The van der Waals surface area contributed by atoms with Gasteiger partial charge >= 0.3 is 6.03 Å². The van der Waals surface area contributed by atoms with Crippen molar-refractivity contribution in [2.45, 2.75) is 12.0 Å². The number of carbonyl (C=O) groups excluding carboxylic acids is 1. The van der Waals surface area contributed by atoms with E-state index < -0.39 is 29.5 Å². The van der Waals surface area contributed by atoms with Gasteiger partial charge in [-0.2, -0.15) is 5.26 Å². The summed E-state index contributed by atoms with van der Waals surface area (Å²) in [5.74, 6) is -1.78. The maximum Gasteiger partial charge on any atom is 0.320 e. The van der Waals surface area contributed by atoms with Crippen LogP contribution in [-0.4, -0.2) is 23.7 Å². The molecule has 166 valence electrons. The smallest absolute Gasteiger partial charge is 0.320 e. The molecule has 0 radical (unpaired) electrons. The van der Waals surface area contributed by atoms with Gasteiger partial charge in [0, 0.05) is 29.5 Å². The Morgan fingerprint density at radius 3 is 2.61 bits per heavy atom. The Kier molecular flexibility index (Phi) is 5.01. The minimum atomic E-state index is -0.700. The number of anilines is 1. The zero-order chi connectivity index (χ0) is 23.1. The fraction of sp³-hybridized carbons (Fsp3) is 0.174. The van der Waals surface area contributed by atoms with Crippen LogP contribution in [0.5, 0.6) is 17.2 Å². The highest BCUT2D eigenvalue weighted by Crippen LogP contribution is 2.55. The fourth-order valence-electron chi connectivity index (χ4n) is 3.96. The summed E-state index contributed by atoms with van der Waals surface area (Å²) in [6.45, 7) is 0.184. The first kappa shape index (κ1) is 20.6. The lowest BCUT2D eigenvalue weighted by atomic mass is 10.0. The van der Waals surface area contributed by atoms with Gasteiger partial charge in [-0.15, -0.1) is 0 Å². The summed E-state index contributed by atoms with van der Waals surface area (Å²) in [5, 5.41) is 14.1. The Morgan fingerprint density at radius 2 is 1.88 bits per heavy atom. The molecule has 1 saturated carbocycles. The third-order valence-corrected chi connectivity index (χ3v) is 5.59. The largest absolute Gasteiger partial charge is 0.490 e. The number of rotatable bonds is 4. The second-order valence-electron chi connectivity index (χ2n) is 7.63. The number of carbonyl (C=O) groups is 1. The van der Waals surface area contributed by atoms with Crippen LogP contribution in [-0.2, 0) is 0 Å². The van der Waals surface area contributed by atoms with E-state index in [1.807, 2.05) is 0 Å². The summed E-state index contributed by atoms with van der Waals surface area (Å²) in [6.07, 6.45) is 1.34. The summed E-state index contributed by atoms with van der Waals surface area (Å²) in [4.78, 5) is 16.4. The van der Waals surface area contributed by atoms with E-state index in [0.29, 0.717) is 5.75 Å². The first-order chi connectivity index (χ1) is 15.9. The first-order valence-electron chi connectivity index (χ1n) is 9.96. The third kappa shape index (κ3) is 3.89. The molecule has 0 bridgehead atoms. The number of pyridine rings is 1. The number of hydrogen-bond donors (Lipinski definition) is 2. The van der Waals surface area contributed by atoms with E-state index in [9.17, 15) is 18.0 Å². The van der Waals surface area contributed by atoms with Crippen LogP contribution in [0.2, 0.25) is 0 Å². The van der Waals surface area contributed by atoms with Gasteiger partial charge in [-0.25, -0.2) is 22.9 Å². The third-order valence-electron chi connectivity index (χ3n) is 5.59. The molecule has 2 heterocycles. The molecule has 3 atom stereocenters. The van der Waals surface area contributed by atoms with Crippen LogP contribution in [0.25, 0.3) is 0 Å². The minimum absolute atomic E-state index is 0.0931. The van der Waals surface area contributed by atoms with E-state index in [2.05, 4.69) is 15.6 Å². The molecule has 7 nitrogen and oxygen atoms in total. The van der Waals surface area contributed by atoms with Gasteiger partial charge in [0.05, 0.1) is 18.4 Å². The monoisotopic (exact) mass is 452 g/mol. The highest BCUT2D eigenvalue weighted by atomic mass is 19.1. The van der Waals surface area contributed by atoms with Crippen molar-refractivity contribution in [3.63, 3.8) is 0 Å². The summed E-state index contributed by atoms with van der Waals surface area (Å²) in [6, 6.07) is 9.70. The molecular formula is C23H15F3N4O3. The molecule has 5 rings (SSSR count). The number of nitriles is 1. The predicted octanol–water partition coefficient (Wildman–Crippen LogP) is 4.46. The maximum absolute atomic E-state index is 14.2. The quantitative estimate of drug-likeness (QED) is 0.610. The number of nitrogens with one attached hydrogen (secondary N) is 2. The molecule has 1 aliphatic carbocycles. The SMILES string of the molecule is N#Cc1ccc(Oc2ccc(NC(=O)N[C@@H]3[C@H]4COc5c(F)ccc(F)c5[C@@H]43)nc2)cc1F. The molecule has 3 aromatic rings. The van der Waals surface area contributed by atoms with Crippen LogP contribution in [0.1, 0.15) is 17.0 Å². The number of amides is 2. The molecule has 10 heteroatoms. The zero-order valence-electron chi connectivity index (χ0n) is 16.8. The molecule has 2 aromatic carbocycles. The summed E-state index contributed by atoms with van der Waals surface area (Å²) < 4.78 is 52.6. The number of urea groups is 1. The van der Waals surface area contributed by atoms with Crippen molar-refractivity contribution in [2.75, 3.05) is 11.9 Å². The van der Waals surface area contributed by atoms with Gasteiger partial charge in [0.2, 0.25) is 0 Å². The lowest BCUT2D eigenvalue weighted by molar-refractivity contribution is 0.247. The minimum Gasteiger partial charge on any atom is -0.490 e. The number of hydrogen-bond acceptors (Lipinski definition) is 5. The molecule has 2 amide bonds. The van der Waals surface area contributed by atoms with Gasteiger partial charge in [0.25, 0.3) is 0 Å². The van der Waals surface area contributed by atoms with Gasteiger partial charge in [-0.3, -0.25) is 5.32 Å². The molecular weight excluding hydrogens is 437 g/mol. The standard InChI is InChI=1S/C23H15F3N4O3/c24-15-4-5-16(25)22-20(15)19-14(10-32-22)21(19)30-23(31)29-18-6-3-13(9-28-18)33-12-2-1-11(8-27)17(26)7-12/h1-7,9,14,19,21H,10H2,(H2,28,29,30,31)/t14-,19+,21+/m0/s1. The average molecular weight is 452 g/mol. The van der Waals surface area contributed by atoms with Crippen LogP contribution >= 0.6 is 0 Å². The summed E-state index contributed by atoms with van der Waals surface area (Å²) in [5.41, 5.74) is 0.0554. The topological polar surface area (TPSA) is 96.3 Å². The van der Waals surface area contributed by atoms with Crippen molar-refractivity contribution >= 4 is 11.8 Å². The van der Waals surface area contributed by atoms with Crippen molar-refractivity contribution in [1.82, 2.24) is 10.3 Å². The van der Waals surface area contributed by atoms with E-state index in [1.54, 1.807) is 6.07 Å². The summed E-state index contributed by atoms with van der Waals surface area (Å²) in [7, 11) is 0. The van der Waals surface area contributed by atoms with Crippen LogP contribution < -0.4 is 20.1 Å². The van der Waals surface area contributed by atoms with Crippen molar-refractivity contribution in [3.8, 4) is 23.3 Å². The highest BCUT2D eigenvalue weighted by Gasteiger charge is 2.57. The van der Waals surface area contributed by atoms with E-state index in [1.165, 1.54) is 30.5 Å². The Morgan fingerprint density at radius 1 is 1.09 bits per heavy atom. The zero-order valence-corrected chi connectivity index (χ0v) is 16.8. The number of halogens is 3. The molecule has 1 fully saturated rings. The first-order valence-corrected chi connectivity index (χ1v) is 9.96. The van der Waals surface area contributed by atoms with Gasteiger partial charge in [-0.05, 0) is 36.4 Å². The summed E-state index contributed by atoms with van der Waals surface area (Å²) >= 11 is 0. The van der Waals surface area contributed by atoms with E-state index in [-0.39, 0.29) is 46.9 Å². The molecule has 1 aromatic heterocycles. The molecule has 2 aliphatic rings. The van der Waals surface area contributed by atoms with Gasteiger partial charge in [0.1, 0.15) is 35.0 Å². The van der Waals surface area contributed by atoms with Crippen LogP contribution in [0.15, 0.2) is 48.7 Å². The number of aromatic nitrogens is 1. The predicted molar refractivity (Wildman–Crippen MR) is 109 cm³/mol. The van der Waals surface area contributed by atoms with Crippen molar-refractivity contribution < 1.29 is 27.4 Å². The molecule has 0 spiro atoms. The van der Waals surface area contributed by atoms with E-state index in [4.69, 9.17) is 14.7 Å². The Hall–Kier alpha value is -4.26. The highest BCUT2D eigenvalue weighted by molar-refractivity contribution is 5.89. The van der Waals surface area contributed by atoms with Gasteiger partial charge in [0.15, 0.2) is 11.6 Å². The molecule has 33 heavy (non-hydrogen) atoms.